The van der Waals surface area contributed by atoms with Gasteiger partial charge in [0.05, 0.1) is 0 Å². The predicted octanol–water partition coefficient (Wildman–Crippen LogP) is 3.85. The van der Waals surface area contributed by atoms with E-state index in [-0.39, 0.29) is 29.1 Å². The van der Waals surface area contributed by atoms with Crippen LogP contribution in [0.15, 0.2) is 48.5 Å². The van der Waals surface area contributed by atoms with E-state index in [0.717, 1.165) is 0 Å². The quantitative estimate of drug-likeness (QED) is 0.777. The van der Waals surface area contributed by atoms with Gasteiger partial charge in [-0.05, 0) is 23.8 Å². The van der Waals surface area contributed by atoms with Crippen molar-refractivity contribution in [2.24, 2.45) is 0 Å². The summed E-state index contributed by atoms with van der Waals surface area (Å²) in [5.74, 6) is -0.935. The lowest BCUT2D eigenvalue weighted by Crippen LogP contribution is -2.07. The van der Waals surface area contributed by atoms with Crippen LogP contribution in [0.4, 0.5) is 13.2 Å². The Morgan fingerprint density at radius 3 is 2.55 bits per heavy atom. The Kier molecular flexibility index (Phi) is 4.40. The number of hydrogen-bond donors (Lipinski definition) is 0. The zero-order chi connectivity index (χ0) is 14.5. The molecule has 0 aliphatic heterocycles. The van der Waals surface area contributed by atoms with Crippen LogP contribution in [-0.4, -0.2) is 12.4 Å². The van der Waals surface area contributed by atoms with E-state index >= 15 is 0 Å². The molecule has 20 heavy (non-hydrogen) atoms. The Labute approximate surface area is 113 Å². The molecule has 0 aromatic heterocycles. The van der Waals surface area contributed by atoms with Crippen molar-refractivity contribution in [3.05, 3.63) is 65.5 Å². The van der Waals surface area contributed by atoms with Gasteiger partial charge in [0, 0.05) is 12.0 Å². The zero-order valence-electron chi connectivity index (χ0n) is 10.4. The van der Waals surface area contributed by atoms with Crippen LogP contribution in [0.25, 0.3) is 0 Å². The van der Waals surface area contributed by atoms with Gasteiger partial charge in [-0.3, -0.25) is 4.79 Å². The Morgan fingerprint density at radius 1 is 1.10 bits per heavy atom. The van der Waals surface area contributed by atoms with E-state index in [1.165, 1.54) is 42.5 Å². The fraction of sp³-hybridized carbons (Fsp3) is 0.133. The smallest absolute Gasteiger partial charge is 0.387 e. The first-order chi connectivity index (χ1) is 9.56. The van der Waals surface area contributed by atoms with Gasteiger partial charge in [-0.2, -0.15) is 8.78 Å². The highest BCUT2D eigenvalue weighted by Crippen LogP contribution is 2.18. The third-order valence-corrected chi connectivity index (χ3v) is 2.69. The van der Waals surface area contributed by atoms with Gasteiger partial charge >= 0.3 is 6.61 Å². The molecule has 0 bridgehead atoms. The topological polar surface area (TPSA) is 26.3 Å². The van der Waals surface area contributed by atoms with E-state index in [0.29, 0.717) is 0 Å². The van der Waals surface area contributed by atoms with Crippen molar-refractivity contribution in [3.63, 3.8) is 0 Å². The number of carbonyl (C=O) groups is 1. The van der Waals surface area contributed by atoms with Crippen LogP contribution in [0.5, 0.6) is 5.75 Å². The number of ether oxygens (including phenoxy) is 1. The number of alkyl halides is 2. The van der Waals surface area contributed by atoms with Crippen molar-refractivity contribution < 1.29 is 22.7 Å². The summed E-state index contributed by atoms with van der Waals surface area (Å²) in [7, 11) is 0. The number of carbonyl (C=O) groups excluding carboxylic acids is 1. The van der Waals surface area contributed by atoms with Gasteiger partial charge in [-0.1, -0.05) is 30.3 Å². The molecule has 0 atom stereocenters. The average Bonchev–Trinajstić information content (AvgIpc) is 2.41. The number of Topliss-reactive ketones (excluding diaryl/α,β-unsaturated/α-hetero) is 1. The molecule has 2 rings (SSSR count). The van der Waals surface area contributed by atoms with Crippen LogP contribution >= 0.6 is 0 Å². The van der Waals surface area contributed by atoms with Gasteiger partial charge in [0.25, 0.3) is 0 Å². The highest BCUT2D eigenvalue weighted by Gasteiger charge is 2.12. The first kappa shape index (κ1) is 14.1. The highest BCUT2D eigenvalue weighted by molar-refractivity contribution is 5.97. The van der Waals surface area contributed by atoms with Crippen LogP contribution in [0, 0.1) is 5.82 Å². The van der Waals surface area contributed by atoms with Crippen LogP contribution in [0.1, 0.15) is 15.9 Å². The fourth-order valence-electron chi connectivity index (χ4n) is 1.76. The van der Waals surface area contributed by atoms with Crippen LogP contribution in [0.2, 0.25) is 0 Å². The maximum absolute atomic E-state index is 13.4. The summed E-state index contributed by atoms with van der Waals surface area (Å²) in [6.45, 7) is -2.95. The third-order valence-electron chi connectivity index (χ3n) is 2.69. The molecule has 0 heterocycles. The first-order valence-electron chi connectivity index (χ1n) is 5.88. The monoisotopic (exact) mass is 280 g/mol. The molecule has 0 aliphatic carbocycles. The van der Waals surface area contributed by atoms with E-state index in [2.05, 4.69) is 4.74 Å². The summed E-state index contributed by atoms with van der Waals surface area (Å²) in [6.07, 6.45) is -0.134. The molecular formula is C15H11F3O2. The molecule has 0 aliphatic rings. The number of rotatable bonds is 5. The standard InChI is InChI=1S/C15H11F3O2/c16-13-7-2-1-4-10(13)9-14(19)11-5-3-6-12(8-11)20-15(17)18/h1-8,15H,9H2. The van der Waals surface area contributed by atoms with Crippen molar-refractivity contribution in [2.75, 3.05) is 0 Å². The minimum Gasteiger partial charge on any atom is -0.435 e. The molecule has 104 valence electrons. The molecule has 0 amide bonds. The van der Waals surface area contributed by atoms with Crippen LogP contribution in [0.3, 0.4) is 0 Å². The van der Waals surface area contributed by atoms with Crippen molar-refractivity contribution in [1.29, 1.82) is 0 Å². The third kappa shape index (κ3) is 3.60. The normalized spacial score (nSPS) is 10.6. The van der Waals surface area contributed by atoms with Crippen molar-refractivity contribution in [2.45, 2.75) is 13.0 Å². The molecule has 5 heteroatoms. The lowest BCUT2D eigenvalue weighted by Gasteiger charge is -2.07. The van der Waals surface area contributed by atoms with Crippen molar-refractivity contribution in [3.8, 4) is 5.75 Å². The summed E-state index contributed by atoms with van der Waals surface area (Å²) >= 11 is 0. The molecule has 0 spiro atoms. The molecule has 0 fully saturated rings. The maximum atomic E-state index is 13.4. The minimum absolute atomic E-state index is 0.0978. The second-order valence-corrected chi connectivity index (χ2v) is 4.10. The molecule has 2 aromatic rings. The van der Waals surface area contributed by atoms with Gasteiger partial charge in [0.1, 0.15) is 11.6 Å². The maximum Gasteiger partial charge on any atom is 0.387 e. The molecule has 2 aromatic carbocycles. The highest BCUT2D eigenvalue weighted by atomic mass is 19.3. The summed E-state index contributed by atoms with van der Waals surface area (Å²) in [6, 6.07) is 11.4. The van der Waals surface area contributed by atoms with Gasteiger partial charge in [0.15, 0.2) is 5.78 Å². The fourth-order valence-corrected chi connectivity index (χ4v) is 1.76. The molecule has 0 radical (unpaired) electrons. The summed E-state index contributed by atoms with van der Waals surface area (Å²) in [4.78, 5) is 12.0. The summed E-state index contributed by atoms with van der Waals surface area (Å²) in [5.41, 5.74) is 0.462. The van der Waals surface area contributed by atoms with Gasteiger partial charge in [-0.15, -0.1) is 0 Å². The molecule has 0 N–H and O–H groups in total. The number of hydrogen-bond acceptors (Lipinski definition) is 2. The van der Waals surface area contributed by atoms with Crippen molar-refractivity contribution in [1.82, 2.24) is 0 Å². The molecule has 2 nitrogen and oxygen atoms in total. The minimum atomic E-state index is -2.95. The van der Waals surface area contributed by atoms with Gasteiger partial charge in [-0.25, -0.2) is 4.39 Å². The second-order valence-electron chi connectivity index (χ2n) is 4.10. The Bertz CT molecular complexity index is 612. The van der Waals surface area contributed by atoms with E-state index in [4.69, 9.17) is 0 Å². The lowest BCUT2D eigenvalue weighted by atomic mass is 10.0. The average molecular weight is 280 g/mol. The SMILES string of the molecule is O=C(Cc1ccccc1F)c1cccc(OC(F)F)c1. The summed E-state index contributed by atoms with van der Waals surface area (Å²) in [5, 5.41) is 0. The van der Waals surface area contributed by atoms with Gasteiger partial charge in [0.2, 0.25) is 0 Å². The van der Waals surface area contributed by atoms with Crippen LogP contribution in [-0.2, 0) is 6.42 Å². The Balaban J connectivity index is 2.15. The Morgan fingerprint density at radius 2 is 1.85 bits per heavy atom. The van der Waals surface area contributed by atoms with E-state index < -0.39 is 12.4 Å². The van der Waals surface area contributed by atoms with Crippen LogP contribution < -0.4 is 4.74 Å². The predicted molar refractivity (Wildman–Crippen MR) is 67.5 cm³/mol. The van der Waals surface area contributed by atoms with E-state index in [1.54, 1.807) is 6.07 Å². The van der Waals surface area contributed by atoms with E-state index in [1.807, 2.05) is 0 Å². The van der Waals surface area contributed by atoms with E-state index in [9.17, 15) is 18.0 Å². The zero-order valence-corrected chi connectivity index (χ0v) is 10.4. The lowest BCUT2D eigenvalue weighted by molar-refractivity contribution is -0.0498. The second kappa shape index (κ2) is 6.23. The first-order valence-corrected chi connectivity index (χ1v) is 5.88. The molecule has 0 saturated carbocycles. The Hall–Kier alpha value is -2.30. The number of halogens is 3. The van der Waals surface area contributed by atoms with Crippen molar-refractivity contribution >= 4 is 5.78 Å². The summed E-state index contributed by atoms with van der Waals surface area (Å²) < 4.78 is 41.9. The molecule has 0 saturated heterocycles. The number of benzene rings is 2. The number of ketones is 1. The molecule has 0 unspecified atom stereocenters. The molecular weight excluding hydrogens is 269 g/mol. The largest absolute Gasteiger partial charge is 0.435 e. The van der Waals surface area contributed by atoms with Gasteiger partial charge < -0.3 is 4.74 Å².